The number of hydrogen-bond acceptors (Lipinski definition) is 4. The van der Waals surface area contributed by atoms with Gasteiger partial charge in [0.2, 0.25) is 11.8 Å². The van der Waals surface area contributed by atoms with Crippen LogP contribution in [0.4, 0.5) is 4.79 Å². The zero-order valence-corrected chi connectivity index (χ0v) is 25.4. The van der Waals surface area contributed by atoms with E-state index in [0.29, 0.717) is 6.42 Å². The number of amides is 3. The molecule has 38 heavy (non-hydrogen) atoms. The van der Waals surface area contributed by atoms with Gasteiger partial charge in [0.05, 0.1) is 0 Å². The van der Waals surface area contributed by atoms with Crippen molar-refractivity contribution in [3.8, 4) is 0 Å². The second-order valence-corrected chi connectivity index (χ2v) is 12.8. The van der Waals surface area contributed by atoms with Crippen molar-refractivity contribution in [2.45, 2.75) is 137 Å². The van der Waals surface area contributed by atoms with Gasteiger partial charge in [0.25, 0.3) is 0 Å². The van der Waals surface area contributed by atoms with Gasteiger partial charge >= 0.3 is 6.09 Å². The summed E-state index contributed by atoms with van der Waals surface area (Å²) in [5.74, 6) is -0.679. The van der Waals surface area contributed by atoms with E-state index in [9.17, 15) is 14.4 Å². The second-order valence-electron chi connectivity index (χ2n) is 12.8. The molecule has 2 atom stereocenters. The third-order valence-electron chi connectivity index (χ3n) is 7.66. The number of hydrogen-bond donors (Lipinski definition) is 2. The zero-order chi connectivity index (χ0) is 28.8. The third kappa shape index (κ3) is 8.47. The molecule has 0 aromatic heterocycles. The molecule has 1 aromatic carbocycles. The molecule has 1 saturated carbocycles. The van der Waals surface area contributed by atoms with Crippen LogP contribution in [0.2, 0.25) is 0 Å². The summed E-state index contributed by atoms with van der Waals surface area (Å²) in [4.78, 5) is 43.0. The van der Waals surface area contributed by atoms with E-state index >= 15 is 0 Å². The lowest BCUT2D eigenvalue weighted by molar-refractivity contribution is -0.150. The fourth-order valence-corrected chi connectivity index (χ4v) is 4.92. The summed E-state index contributed by atoms with van der Waals surface area (Å²) in [7, 11) is 0. The van der Waals surface area contributed by atoms with E-state index in [-0.39, 0.29) is 23.8 Å². The Morgan fingerprint density at radius 1 is 1.00 bits per heavy atom. The highest BCUT2D eigenvalue weighted by Gasteiger charge is 2.44. The number of rotatable bonds is 9. The first kappa shape index (κ1) is 31.6. The quantitative estimate of drug-likeness (QED) is 0.390. The lowest BCUT2D eigenvalue weighted by atomic mass is 9.89. The average molecular weight is 530 g/mol. The molecular weight excluding hydrogens is 478 g/mol. The lowest BCUT2D eigenvalue weighted by Crippen LogP contribution is -2.61. The molecule has 0 bridgehead atoms. The fourth-order valence-electron chi connectivity index (χ4n) is 4.92. The standard InChI is InChI=1S/C31H51N3O4/c1-11-31(9,10)34(28(36)25(20(2)3)33-29(37)38-30(6,7)8)26(23-18-17-21(4)22(5)19-23)27(35)32-24-15-13-12-14-16-24/h17-20,24-26H,11-16H2,1-10H3,(H,32,35)(H,33,37). The minimum atomic E-state index is -0.854. The Morgan fingerprint density at radius 3 is 2.11 bits per heavy atom. The Kier molecular flexibility index (Phi) is 10.8. The van der Waals surface area contributed by atoms with E-state index in [4.69, 9.17) is 4.74 Å². The molecule has 1 aliphatic rings. The Morgan fingerprint density at radius 2 is 1.61 bits per heavy atom. The first-order valence-corrected chi connectivity index (χ1v) is 14.3. The molecule has 214 valence electrons. The molecule has 3 amide bonds. The Hall–Kier alpha value is -2.57. The van der Waals surface area contributed by atoms with E-state index in [1.165, 1.54) is 6.42 Å². The molecule has 1 fully saturated rings. The lowest BCUT2D eigenvalue weighted by Gasteiger charge is -2.45. The molecule has 2 N–H and O–H groups in total. The van der Waals surface area contributed by atoms with Crippen molar-refractivity contribution in [3.63, 3.8) is 0 Å². The molecule has 0 radical (unpaired) electrons. The summed E-state index contributed by atoms with van der Waals surface area (Å²) >= 11 is 0. The van der Waals surface area contributed by atoms with E-state index in [1.807, 2.05) is 66.7 Å². The van der Waals surface area contributed by atoms with Gasteiger partial charge in [-0.05, 0) is 90.3 Å². The van der Waals surface area contributed by atoms with Gasteiger partial charge in [0, 0.05) is 11.6 Å². The molecular formula is C31H51N3O4. The number of benzene rings is 1. The zero-order valence-electron chi connectivity index (χ0n) is 25.4. The predicted molar refractivity (Wildman–Crippen MR) is 153 cm³/mol. The van der Waals surface area contributed by atoms with Crippen molar-refractivity contribution in [2.24, 2.45) is 5.92 Å². The molecule has 2 rings (SSSR count). The third-order valence-corrected chi connectivity index (χ3v) is 7.66. The van der Waals surface area contributed by atoms with Gasteiger partial charge in [-0.15, -0.1) is 0 Å². The Bertz CT molecular complexity index is 974. The second kappa shape index (κ2) is 13.0. The van der Waals surface area contributed by atoms with Crippen LogP contribution >= 0.6 is 0 Å². The minimum Gasteiger partial charge on any atom is -0.444 e. The first-order chi connectivity index (χ1) is 17.6. The number of ether oxygens (including phenoxy) is 1. The highest BCUT2D eigenvalue weighted by molar-refractivity contribution is 5.93. The van der Waals surface area contributed by atoms with Crippen LogP contribution in [0.3, 0.4) is 0 Å². The van der Waals surface area contributed by atoms with Crippen LogP contribution in [-0.4, -0.2) is 46.0 Å². The van der Waals surface area contributed by atoms with Gasteiger partial charge in [0.1, 0.15) is 17.7 Å². The molecule has 0 spiro atoms. The molecule has 1 aromatic rings. The summed E-state index contributed by atoms with van der Waals surface area (Å²) in [5, 5.41) is 6.09. The molecule has 0 heterocycles. The van der Waals surface area contributed by atoms with Crippen LogP contribution in [0.5, 0.6) is 0 Å². The van der Waals surface area contributed by atoms with Crippen molar-refractivity contribution in [2.75, 3.05) is 0 Å². The summed E-state index contributed by atoms with van der Waals surface area (Å²) in [6, 6.07) is 4.38. The summed E-state index contributed by atoms with van der Waals surface area (Å²) in [6.07, 6.45) is 5.26. The number of aryl methyl sites for hydroxylation is 2. The number of nitrogens with one attached hydrogen (secondary N) is 2. The topological polar surface area (TPSA) is 87.7 Å². The van der Waals surface area contributed by atoms with E-state index in [0.717, 1.165) is 42.4 Å². The molecule has 7 heteroatoms. The first-order valence-electron chi connectivity index (χ1n) is 14.3. The number of carbonyl (C=O) groups is 3. The van der Waals surface area contributed by atoms with Crippen molar-refractivity contribution < 1.29 is 19.1 Å². The van der Waals surface area contributed by atoms with Crippen molar-refractivity contribution in [1.82, 2.24) is 15.5 Å². The van der Waals surface area contributed by atoms with Gasteiger partial charge in [0.15, 0.2) is 0 Å². The summed E-state index contributed by atoms with van der Waals surface area (Å²) in [6.45, 7) is 19.2. The monoisotopic (exact) mass is 529 g/mol. The van der Waals surface area contributed by atoms with Crippen LogP contribution in [-0.2, 0) is 14.3 Å². The highest BCUT2D eigenvalue weighted by atomic mass is 16.6. The maximum atomic E-state index is 14.4. The van der Waals surface area contributed by atoms with E-state index in [2.05, 4.69) is 10.6 Å². The molecule has 7 nitrogen and oxygen atoms in total. The van der Waals surface area contributed by atoms with Crippen LogP contribution < -0.4 is 10.6 Å². The van der Waals surface area contributed by atoms with Gasteiger partial charge < -0.3 is 20.3 Å². The van der Waals surface area contributed by atoms with Crippen molar-refractivity contribution in [3.05, 3.63) is 34.9 Å². The van der Waals surface area contributed by atoms with E-state index in [1.54, 1.807) is 25.7 Å². The van der Waals surface area contributed by atoms with Crippen LogP contribution in [0.1, 0.15) is 117 Å². The maximum absolute atomic E-state index is 14.4. The maximum Gasteiger partial charge on any atom is 0.408 e. The van der Waals surface area contributed by atoms with Crippen LogP contribution in [0.25, 0.3) is 0 Å². The van der Waals surface area contributed by atoms with Gasteiger partial charge in [-0.1, -0.05) is 58.2 Å². The normalized spacial score (nSPS) is 16.5. The van der Waals surface area contributed by atoms with Crippen molar-refractivity contribution in [1.29, 1.82) is 0 Å². The Balaban J connectivity index is 2.58. The van der Waals surface area contributed by atoms with Gasteiger partial charge in [-0.2, -0.15) is 0 Å². The number of alkyl carbamates (subject to hydrolysis) is 1. The number of carbonyl (C=O) groups excluding carboxylic acids is 3. The fraction of sp³-hybridized carbons (Fsp3) is 0.710. The SMILES string of the molecule is CCC(C)(C)N(C(=O)C(NC(=O)OC(C)(C)C)C(C)C)C(C(=O)NC1CCCCC1)c1ccc(C)c(C)c1. The molecule has 0 aliphatic heterocycles. The average Bonchev–Trinajstić information content (AvgIpc) is 2.81. The Labute approximate surface area is 230 Å². The summed E-state index contributed by atoms with van der Waals surface area (Å²) < 4.78 is 5.48. The smallest absolute Gasteiger partial charge is 0.408 e. The van der Waals surface area contributed by atoms with Gasteiger partial charge in [-0.25, -0.2) is 4.79 Å². The van der Waals surface area contributed by atoms with E-state index < -0.39 is 29.3 Å². The predicted octanol–water partition coefficient (Wildman–Crippen LogP) is 6.36. The van der Waals surface area contributed by atoms with Crippen molar-refractivity contribution >= 4 is 17.9 Å². The summed E-state index contributed by atoms with van der Waals surface area (Å²) in [5.41, 5.74) is 1.61. The van der Waals surface area contributed by atoms with Gasteiger partial charge in [-0.3, -0.25) is 9.59 Å². The number of nitrogens with zero attached hydrogens (tertiary/aromatic N) is 1. The largest absolute Gasteiger partial charge is 0.444 e. The molecule has 2 unspecified atom stereocenters. The van der Waals surface area contributed by atoms with Crippen LogP contribution in [0.15, 0.2) is 18.2 Å². The van der Waals surface area contributed by atoms with Crippen LogP contribution in [0, 0.1) is 19.8 Å². The molecule has 0 saturated heterocycles. The molecule has 1 aliphatic carbocycles. The highest BCUT2D eigenvalue weighted by Crippen LogP contribution is 2.34. The minimum absolute atomic E-state index is 0.104.